The molecule has 1 atom stereocenters. The van der Waals surface area contributed by atoms with E-state index in [0.717, 1.165) is 56.1 Å². The fourth-order valence-corrected chi connectivity index (χ4v) is 6.49. The fraction of sp³-hybridized carbons (Fsp3) is 0.474. The van der Waals surface area contributed by atoms with Crippen molar-refractivity contribution in [3.05, 3.63) is 37.4 Å². The van der Waals surface area contributed by atoms with Crippen LogP contribution in [0, 0.1) is 5.92 Å². The largest absolute Gasteiger partial charge is 0.365 e. The van der Waals surface area contributed by atoms with Crippen molar-refractivity contribution < 1.29 is 9.59 Å². The van der Waals surface area contributed by atoms with Crippen LogP contribution < -0.4 is 11.1 Å². The van der Waals surface area contributed by atoms with Gasteiger partial charge in [-0.3, -0.25) is 9.59 Å². The molecule has 6 heteroatoms. The molecule has 0 saturated carbocycles. The molecule has 2 aliphatic carbocycles. The number of carbonyl (C=O) groups excluding carboxylic acids is 2. The summed E-state index contributed by atoms with van der Waals surface area (Å²) in [7, 11) is 0. The molecule has 0 saturated heterocycles. The summed E-state index contributed by atoms with van der Waals surface area (Å²) in [6.45, 7) is 2.26. The van der Waals surface area contributed by atoms with Gasteiger partial charge in [0, 0.05) is 15.1 Å². The van der Waals surface area contributed by atoms with Crippen molar-refractivity contribution in [2.24, 2.45) is 11.7 Å². The lowest BCUT2D eigenvalue weighted by molar-refractivity contribution is 0.100. The Labute approximate surface area is 155 Å². The number of thiophene rings is 2. The van der Waals surface area contributed by atoms with Crippen LogP contribution in [0.2, 0.25) is 0 Å². The second kappa shape index (κ2) is 6.57. The van der Waals surface area contributed by atoms with Gasteiger partial charge in [0.05, 0.1) is 11.1 Å². The summed E-state index contributed by atoms with van der Waals surface area (Å²) in [4.78, 5) is 27.4. The van der Waals surface area contributed by atoms with Crippen LogP contribution in [0.3, 0.4) is 0 Å². The molecule has 3 N–H and O–H groups in total. The molecule has 0 aromatic carbocycles. The summed E-state index contributed by atoms with van der Waals surface area (Å²) in [6, 6.07) is 0. The number of aryl methyl sites for hydroxylation is 1. The SMILES string of the molecule is C[C@@H]1CCc2c(C(=O)Nc3sc4c(c3C(N)=O)CCCC4)csc2C1. The highest BCUT2D eigenvalue weighted by molar-refractivity contribution is 7.17. The molecule has 2 aromatic heterocycles. The minimum absolute atomic E-state index is 0.104. The lowest BCUT2D eigenvalue weighted by Crippen LogP contribution is -2.19. The van der Waals surface area contributed by atoms with Gasteiger partial charge in [-0.25, -0.2) is 0 Å². The zero-order valence-corrected chi connectivity index (χ0v) is 15.9. The molecule has 0 fully saturated rings. The molecule has 2 amide bonds. The summed E-state index contributed by atoms with van der Waals surface area (Å²) in [5.41, 5.74) is 9.18. The Kier molecular flexibility index (Phi) is 4.41. The van der Waals surface area contributed by atoms with E-state index in [0.29, 0.717) is 16.5 Å². The number of amides is 2. The van der Waals surface area contributed by atoms with Gasteiger partial charge in [0.15, 0.2) is 0 Å². The zero-order valence-electron chi connectivity index (χ0n) is 14.3. The van der Waals surface area contributed by atoms with Crippen LogP contribution in [0.1, 0.15) is 67.8 Å². The number of carbonyl (C=O) groups is 2. The van der Waals surface area contributed by atoms with E-state index in [1.165, 1.54) is 26.7 Å². The second-order valence-electron chi connectivity index (χ2n) is 7.13. The van der Waals surface area contributed by atoms with Crippen LogP contribution in [0.15, 0.2) is 5.38 Å². The Hall–Kier alpha value is -1.66. The van der Waals surface area contributed by atoms with E-state index in [1.54, 1.807) is 11.3 Å². The summed E-state index contributed by atoms with van der Waals surface area (Å²) in [5.74, 6) is 0.150. The average molecular weight is 375 g/mol. The maximum absolute atomic E-state index is 12.9. The van der Waals surface area contributed by atoms with E-state index >= 15 is 0 Å². The summed E-state index contributed by atoms with van der Waals surface area (Å²) in [5, 5.41) is 5.60. The van der Waals surface area contributed by atoms with Gasteiger partial charge < -0.3 is 11.1 Å². The van der Waals surface area contributed by atoms with Crippen LogP contribution >= 0.6 is 22.7 Å². The summed E-state index contributed by atoms with van der Waals surface area (Å²) in [6.07, 6.45) is 7.22. The van der Waals surface area contributed by atoms with Crippen LogP contribution in [-0.2, 0) is 25.7 Å². The molecule has 4 nitrogen and oxygen atoms in total. The first-order valence-corrected chi connectivity index (χ1v) is 10.6. The zero-order chi connectivity index (χ0) is 17.6. The van der Waals surface area contributed by atoms with Crippen molar-refractivity contribution in [2.45, 2.75) is 51.9 Å². The molecular formula is C19H22N2O2S2. The molecule has 0 unspecified atom stereocenters. The maximum atomic E-state index is 12.9. The predicted molar refractivity (Wildman–Crippen MR) is 103 cm³/mol. The molecule has 4 rings (SSSR count). The number of anilines is 1. The molecular weight excluding hydrogens is 352 g/mol. The highest BCUT2D eigenvalue weighted by Crippen LogP contribution is 2.39. The third kappa shape index (κ3) is 3.02. The van der Waals surface area contributed by atoms with E-state index < -0.39 is 5.91 Å². The standard InChI is InChI=1S/C19H22N2O2S2/c1-10-6-7-11-13(9-24-15(11)8-10)18(23)21-19-16(17(20)22)12-4-2-3-5-14(12)25-19/h9-10H,2-8H2,1H3,(H2,20,22)(H,21,23)/t10-/m1/s1. The highest BCUT2D eigenvalue weighted by Gasteiger charge is 2.27. The smallest absolute Gasteiger partial charge is 0.257 e. The number of primary amides is 1. The molecule has 0 bridgehead atoms. The molecule has 132 valence electrons. The quantitative estimate of drug-likeness (QED) is 0.846. The Balaban J connectivity index is 1.64. The summed E-state index contributed by atoms with van der Waals surface area (Å²) < 4.78 is 0. The molecule has 0 radical (unpaired) electrons. The molecule has 2 aliphatic rings. The number of hydrogen-bond acceptors (Lipinski definition) is 4. The fourth-order valence-electron chi connectivity index (χ4n) is 3.95. The van der Waals surface area contributed by atoms with E-state index in [-0.39, 0.29) is 5.91 Å². The topological polar surface area (TPSA) is 72.2 Å². The van der Waals surface area contributed by atoms with Crippen LogP contribution in [0.5, 0.6) is 0 Å². The minimum Gasteiger partial charge on any atom is -0.365 e. The van der Waals surface area contributed by atoms with E-state index in [9.17, 15) is 9.59 Å². The number of rotatable bonds is 3. The van der Waals surface area contributed by atoms with Gasteiger partial charge in [-0.15, -0.1) is 22.7 Å². The molecule has 0 spiro atoms. The van der Waals surface area contributed by atoms with E-state index in [4.69, 9.17) is 5.73 Å². The van der Waals surface area contributed by atoms with Gasteiger partial charge in [-0.05, 0) is 62.0 Å². The van der Waals surface area contributed by atoms with Gasteiger partial charge in [0.25, 0.3) is 11.8 Å². The lowest BCUT2D eigenvalue weighted by atomic mass is 9.88. The lowest BCUT2D eigenvalue weighted by Gasteiger charge is -2.18. The predicted octanol–water partition coefficient (Wildman–Crippen LogP) is 4.16. The van der Waals surface area contributed by atoms with Crippen LogP contribution in [0.4, 0.5) is 5.00 Å². The van der Waals surface area contributed by atoms with Crippen LogP contribution in [-0.4, -0.2) is 11.8 Å². The third-order valence-electron chi connectivity index (χ3n) is 5.29. The monoisotopic (exact) mass is 374 g/mol. The average Bonchev–Trinajstić information content (AvgIpc) is 3.14. The Morgan fingerprint density at radius 1 is 1.16 bits per heavy atom. The first-order chi connectivity index (χ1) is 12.0. The van der Waals surface area contributed by atoms with E-state index in [1.807, 2.05) is 5.38 Å². The van der Waals surface area contributed by atoms with Crippen LogP contribution in [0.25, 0.3) is 0 Å². The number of hydrogen-bond donors (Lipinski definition) is 2. The maximum Gasteiger partial charge on any atom is 0.257 e. The Morgan fingerprint density at radius 3 is 2.76 bits per heavy atom. The van der Waals surface area contributed by atoms with Crippen molar-refractivity contribution in [3.8, 4) is 0 Å². The first-order valence-electron chi connectivity index (χ1n) is 8.89. The normalized spacial score (nSPS) is 19.2. The second-order valence-corrected chi connectivity index (χ2v) is 9.20. The van der Waals surface area contributed by atoms with Crippen molar-refractivity contribution in [1.29, 1.82) is 0 Å². The molecule has 0 aliphatic heterocycles. The Bertz CT molecular complexity index is 850. The number of nitrogens with two attached hydrogens (primary N) is 1. The van der Waals surface area contributed by atoms with Crippen molar-refractivity contribution in [2.75, 3.05) is 5.32 Å². The molecule has 2 heterocycles. The molecule has 2 aromatic rings. The van der Waals surface area contributed by atoms with E-state index in [2.05, 4.69) is 12.2 Å². The number of nitrogens with one attached hydrogen (secondary N) is 1. The number of fused-ring (bicyclic) bond motifs is 2. The van der Waals surface area contributed by atoms with Crippen molar-refractivity contribution in [1.82, 2.24) is 0 Å². The van der Waals surface area contributed by atoms with Gasteiger partial charge in [0.1, 0.15) is 5.00 Å². The van der Waals surface area contributed by atoms with Gasteiger partial charge in [-0.2, -0.15) is 0 Å². The van der Waals surface area contributed by atoms with Gasteiger partial charge in [0.2, 0.25) is 0 Å². The summed E-state index contributed by atoms with van der Waals surface area (Å²) >= 11 is 3.21. The Morgan fingerprint density at radius 2 is 1.96 bits per heavy atom. The highest BCUT2D eigenvalue weighted by atomic mass is 32.1. The first kappa shape index (κ1) is 16.8. The van der Waals surface area contributed by atoms with Gasteiger partial charge >= 0.3 is 0 Å². The minimum atomic E-state index is -0.434. The van der Waals surface area contributed by atoms with Gasteiger partial charge in [-0.1, -0.05) is 6.92 Å². The van der Waals surface area contributed by atoms with Crippen molar-refractivity contribution in [3.63, 3.8) is 0 Å². The van der Waals surface area contributed by atoms with Crippen molar-refractivity contribution >= 4 is 39.5 Å². The third-order valence-corrected chi connectivity index (χ3v) is 7.55. The molecule has 25 heavy (non-hydrogen) atoms.